The summed E-state index contributed by atoms with van der Waals surface area (Å²) in [5.41, 5.74) is 1.05. The van der Waals surface area contributed by atoms with Gasteiger partial charge in [-0.05, 0) is 0 Å². The fourth-order valence-electron chi connectivity index (χ4n) is 1.45. The number of rotatable bonds is 7. The molecule has 1 aromatic rings. The van der Waals surface area contributed by atoms with E-state index in [1.807, 2.05) is 24.3 Å². The van der Waals surface area contributed by atoms with Gasteiger partial charge in [0, 0.05) is 57.6 Å². The van der Waals surface area contributed by atoms with Crippen molar-refractivity contribution >= 4 is 11.9 Å². The van der Waals surface area contributed by atoms with E-state index in [1.165, 1.54) is 0 Å². The molecule has 0 saturated carbocycles. The summed E-state index contributed by atoms with van der Waals surface area (Å²) < 4.78 is 0. The molecule has 0 aliphatic heterocycles. The number of anilines is 1. The highest BCUT2D eigenvalue weighted by Gasteiger charge is 2.06. The van der Waals surface area contributed by atoms with Crippen LogP contribution in [-0.4, -0.2) is 42.6 Å². The second-order valence-corrected chi connectivity index (χ2v) is 4.77. The molecule has 1 amide bonds. The topological polar surface area (TPSA) is 70.2 Å². The summed E-state index contributed by atoms with van der Waals surface area (Å²) in [5.74, 6) is 0.654. The lowest BCUT2D eigenvalue weighted by Gasteiger charge is -2.16. The van der Waals surface area contributed by atoms with Gasteiger partial charge in [0.2, 0.25) is 11.9 Å². The fourth-order valence-corrected chi connectivity index (χ4v) is 1.45. The summed E-state index contributed by atoms with van der Waals surface area (Å²) in [6.45, 7) is 5.56. The Morgan fingerprint density at radius 2 is 2.00 bits per heavy atom. The van der Waals surface area contributed by atoms with E-state index in [-0.39, 0.29) is 5.91 Å². The molecule has 0 fully saturated rings. The second-order valence-electron chi connectivity index (χ2n) is 4.77. The molecule has 2 N–H and O–H groups in total. The average Bonchev–Trinajstić information content (AvgIpc) is 2.42. The first kappa shape index (κ1) is 15.4. The molecule has 0 saturated heterocycles. The number of carbonyl (C=O) groups excluding carboxylic acids is 1. The van der Waals surface area contributed by atoms with E-state index in [9.17, 15) is 4.79 Å². The molecule has 0 aromatic carbocycles. The molecule has 1 aromatic heterocycles. The fraction of sp³-hybridized carbons (Fsp3) is 0.615. The van der Waals surface area contributed by atoms with Gasteiger partial charge in [-0.2, -0.15) is 0 Å². The zero-order chi connectivity index (χ0) is 14.3. The molecule has 0 bridgehead atoms. The smallest absolute Gasteiger partial charge is 0.225 e. The molecule has 6 nitrogen and oxygen atoms in total. The number of nitrogens with one attached hydrogen (secondary N) is 2. The van der Waals surface area contributed by atoms with Crippen LogP contribution in [-0.2, 0) is 11.3 Å². The van der Waals surface area contributed by atoms with E-state index in [4.69, 9.17) is 0 Å². The molecule has 0 aliphatic carbocycles. The van der Waals surface area contributed by atoms with Crippen molar-refractivity contribution < 1.29 is 4.79 Å². The molecule has 0 spiro atoms. The molecule has 1 rings (SSSR count). The minimum atomic E-state index is 0.0182. The standard InChI is InChI=1S/C13H23N5O/c1-10(2)15-7-11-8-16-13(17-9-11)18(4)6-5-12(19)14-3/h8-10,15H,5-7H2,1-4H3,(H,14,19). The van der Waals surface area contributed by atoms with Gasteiger partial charge in [0.25, 0.3) is 0 Å². The Bertz CT molecular complexity index is 391. The van der Waals surface area contributed by atoms with Crippen LogP contribution in [0.1, 0.15) is 25.8 Å². The van der Waals surface area contributed by atoms with Crippen LogP contribution in [0.15, 0.2) is 12.4 Å². The van der Waals surface area contributed by atoms with Gasteiger partial charge in [-0.25, -0.2) is 9.97 Å². The van der Waals surface area contributed by atoms with E-state index in [1.54, 1.807) is 7.05 Å². The highest BCUT2D eigenvalue weighted by atomic mass is 16.1. The number of carbonyl (C=O) groups is 1. The largest absolute Gasteiger partial charge is 0.359 e. The van der Waals surface area contributed by atoms with Crippen molar-refractivity contribution in [2.45, 2.75) is 32.9 Å². The predicted molar refractivity (Wildman–Crippen MR) is 76.0 cm³/mol. The maximum Gasteiger partial charge on any atom is 0.225 e. The summed E-state index contributed by atoms with van der Waals surface area (Å²) in [6, 6.07) is 0.440. The van der Waals surface area contributed by atoms with Gasteiger partial charge in [-0.15, -0.1) is 0 Å². The summed E-state index contributed by atoms with van der Waals surface area (Å²) in [7, 11) is 3.51. The van der Waals surface area contributed by atoms with E-state index in [0.29, 0.717) is 25.0 Å². The molecule has 1 heterocycles. The maximum absolute atomic E-state index is 11.2. The van der Waals surface area contributed by atoms with Crippen molar-refractivity contribution in [3.8, 4) is 0 Å². The molecule has 0 radical (unpaired) electrons. The Morgan fingerprint density at radius 3 is 2.53 bits per heavy atom. The lowest BCUT2D eigenvalue weighted by Crippen LogP contribution is -2.27. The number of nitrogens with zero attached hydrogens (tertiary/aromatic N) is 3. The number of hydrogen-bond acceptors (Lipinski definition) is 5. The monoisotopic (exact) mass is 265 g/mol. The van der Waals surface area contributed by atoms with Crippen LogP contribution in [0, 0.1) is 0 Å². The summed E-state index contributed by atoms with van der Waals surface area (Å²) >= 11 is 0. The van der Waals surface area contributed by atoms with Crippen LogP contribution in [0.5, 0.6) is 0 Å². The third-order valence-electron chi connectivity index (χ3n) is 2.70. The molecule has 19 heavy (non-hydrogen) atoms. The Labute approximate surface area is 114 Å². The van der Waals surface area contributed by atoms with Crippen LogP contribution < -0.4 is 15.5 Å². The Balaban J connectivity index is 2.48. The minimum absolute atomic E-state index is 0.0182. The van der Waals surface area contributed by atoms with E-state index >= 15 is 0 Å². The van der Waals surface area contributed by atoms with E-state index in [2.05, 4.69) is 34.4 Å². The van der Waals surface area contributed by atoms with E-state index in [0.717, 1.165) is 12.1 Å². The van der Waals surface area contributed by atoms with Crippen molar-refractivity contribution in [1.82, 2.24) is 20.6 Å². The summed E-state index contributed by atoms with van der Waals surface area (Å²) in [5, 5.41) is 5.91. The lowest BCUT2D eigenvalue weighted by molar-refractivity contribution is -0.120. The molecule has 0 atom stereocenters. The molecular weight excluding hydrogens is 242 g/mol. The first-order chi connectivity index (χ1) is 9.02. The molecule has 0 unspecified atom stereocenters. The molecular formula is C13H23N5O. The van der Waals surface area contributed by atoms with Crippen LogP contribution >= 0.6 is 0 Å². The minimum Gasteiger partial charge on any atom is -0.359 e. The van der Waals surface area contributed by atoms with Crippen LogP contribution in [0.25, 0.3) is 0 Å². The normalized spacial score (nSPS) is 10.6. The highest BCUT2D eigenvalue weighted by Crippen LogP contribution is 2.05. The van der Waals surface area contributed by atoms with Gasteiger partial charge >= 0.3 is 0 Å². The van der Waals surface area contributed by atoms with Gasteiger partial charge in [-0.3, -0.25) is 4.79 Å². The average molecular weight is 265 g/mol. The molecule has 6 heteroatoms. The van der Waals surface area contributed by atoms with Crippen LogP contribution in [0.3, 0.4) is 0 Å². The van der Waals surface area contributed by atoms with Gasteiger partial charge in [0.05, 0.1) is 0 Å². The molecule has 106 valence electrons. The Hall–Kier alpha value is -1.69. The maximum atomic E-state index is 11.2. The summed E-state index contributed by atoms with van der Waals surface area (Å²) in [6.07, 6.45) is 4.06. The number of hydrogen-bond donors (Lipinski definition) is 2. The van der Waals surface area contributed by atoms with Crippen molar-refractivity contribution in [2.75, 3.05) is 25.5 Å². The van der Waals surface area contributed by atoms with Gasteiger partial charge < -0.3 is 15.5 Å². The van der Waals surface area contributed by atoms with Gasteiger partial charge in [0.15, 0.2) is 0 Å². The van der Waals surface area contributed by atoms with Crippen molar-refractivity contribution in [2.24, 2.45) is 0 Å². The Kier molecular flexibility index (Phi) is 6.21. The van der Waals surface area contributed by atoms with Crippen LogP contribution in [0.4, 0.5) is 5.95 Å². The van der Waals surface area contributed by atoms with Crippen molar-refractivity contribution in [1.29, 1.82) is 0 Å². The van der Waals surface area contributed by atoms with Crippen molar-refractivity contribution in [3.63, 3.8) is 0 Å². The Morgan fingerprint density at radius 1 is 1.37 bits per heavy atom. The quantitative estimate of drug-likeness (QED) is 0.753. The summed E-state index contributed by atoms with van der Waals surface area (Å²) in [4.78, 5) is 21.6. The zero-order valence-corrected chi connectivity index (χ0v) is 12.1. The highest BCUT2D eigenvalue weighted by molar-refractivity contribution is 5.76. The van der Waals surface area contributed by atoms with Gasteiger partial charge in [0.1, 0.15) is 0 Å². The third kappa shape index (κ3) is 5.65. The van der Waals surface area contributed by atoms with Crippen molar-refractivity contribution in [3.05, 3.63) is 18.0 Å². The van der Waals surface area contributed by atoms with Gasteiger partial charge in [-0.1, -0.05) is 13.8 Å². The SMILES string of the molecule is CNC(=O)CCN(C)c1ncc(CNC(C)C)cn1. The number of amides is 1. The van der Waals surface area contributed by atoms with E-state index < -0.39 is 0 Å². The zero-order valence-electron chi connectivity index (χ0n) is 12.1. The first-order valence-corrected chi connectivity index (χ1v) is 6.49. The second kappa shape index (κ2) is 7.68. The number of aromatic nitrogens is 2. The third-order valence-corrected chi connectivity index (χ3v) is 2.70. The molecule has 0 aliphatic rings. The predicted octanol–water partition coefficient (Wildman–Crippen LogP) is 0.547. The lowest BCUT2D eigenvalue weighted by atomic mass is 10.3. The first-order valence-electron chi connectivity index (χ1n) is 6.49. The van der Waals surface area contributed by atoms with Crippen LogP contribution in [0.2, 0.25) is 0 Å².